The summed E-state index contributed by atoms with van der Waals surface area (Å²) in [5, 5.41) is 0. The molecule has 1 radical (unpaired) electrons. The maximum absolute atomic E-state index is 5.88. The minimum atomic E-state index is 0.390. The van der Waals surface area contributed by atoms with Crippen LogP contribution in [-0.4, -0.2) is 6.61 Å². The lowest BCUT2D eigenvalue weighted by Gasteiger charge is -2.33. The summed E-state index contributed by atoms with van der Waals surface area (Å²) in [6, 6.07) is 8.01. The standard InChI is InChI=1S/C15H21O/c1-13-6-8-14(9-7-13)16-12-15(2)10-4-3-5-11-15/h6-9H,1,3-5,10-12H2,2H3. The van der Waals surface area contributed by atoms with Crippen molar-refractivity contribution in [1.29, 1.82) is 0 Å². The van der Waals surface area contributed by atoms with E-state index in [1.165, 1.54) is 32.1 Å². The van der Waals surface area contributed by atoms with Crippen LogP contribution >= 0.6 is 0 Å². The second-order valence-electron chi connectivity index (χ2n) is 5.30. The Bertz CT molecular complexity index is 320. The molecule has 0 aromatic heterocycles. The van der Waals surface area contributed by atoms with E-state index in [0.717, 1.165) is 17.9 Å². The Balaban J connectivity index is 1.88. The van der Waals surface area contributed by atoms with Gasteiger partial charge in [0.15, 0.2) is 0 Å². The van der Waals surface area contributed by atoms with Crippen LogP contribution in [0.25, 0.3) is 0 Å². The third-order valence-corrected chi connectivity index (χ3v) is 3.57. The number of rotatable bonds is 3. The van der Waals surface area contributed by atoms with Crippen LogP contribution < -0.4 is 4.74 Å². The summed E-state index contributed by atoms with van der Waals surface area (Å²) in [6.07, 6.45) is 6.72. The largest absolute Gasteiger partial charge is 0.493 e. The zero-order chi connectivity index (χ0) is 11.4. The average Bonchev–Trinajstić information content (AvgIpc) is 2.29. The predicted molar refractivity (Wildman–Crippen MR) is 67.6 cm³/mol. The summed E-state index contributed by atoms with van der Waals surface area (Å²) >= 11 is 0. The molecule has 87 valence electrons. The van der Waals surface area contributed by atoms with Gasteiger partial charge < -0.3 is 4.74 Å². The van der Waals surface area contributed by atoms with Crippen molar-refractivity contribution in [3.63, 3.8) is 0 Å². The first kappa shape index (κ1) is 11.5. The molecule has 1 aliphatic carbocycles. The highest BCUT2D eigenvalue weighted by Crippen LogP contribution is 2.36. The molecule has 0 bridgehead atoms. The lowest BCUT2D eigenvalue weighted by Crippen LogP contribution is -2.27. The van der Waals surface area contributed by atoms with Gasteiger partial charge in [-0.2, -0.15) is 0 Å². The Morgan fingerprint density at radius 2 is 1.75 bits per heavy atom. The van der Waals surface area contributed by atoms with E-state index in [1.807, 2.05) is 24.3 Å². The van der Waals surface area contributed by atoms with E-state index in [1.54, 1.807) is 0 Å². The van der Waals surface area contributed by atoms with E-state index >= 15 is 0 Å². The van der Waals surface area contributed by atoms with Crippen LogP contribution in [0.5, 0.6) is 5.75 Å². The molecule has 0 unspecified atom stereocenters. The van der Waals surface area contributed by atoms with Crippen molar-refractivity contribution in [2.45, 2.75) is 39.0 Å². The van der Waals surface area contributed by atoms with Gasteiger partial charge in [0.25, 0.3) is 0 Å². The van der Waals surface area contributed by atoms with Gasteiger partial charge in [0.05, 0.1) is 6.61 Å². The van der Waals surface area contributed by atoms with Crippen molar-refractivity contribution < 1.29 is 4.74 Å². The summed E-state index contributed by atoms with van der Waals surface area (Å²) in [7, 11) is 0. The van der Waals surface area contributed by atoms with Gasteiger partial charge in [-0.3, -0.25) is 0 Å². The molecule has 0 saturated heterocycles. The molecule has 0 aliphatic heterocycles. The van der Waals surface area contributed by atoms with Crippen LogP contribution in [-0.2, 0) is 0 Å². The Morgan fingerprint density at radius 1 is 1.12 bits per heavy atom. The smallest absolute Gasteiger partial charge is 0.119 e. The number of benzene rings is 1. The minimum absolute atomic E-state index is 0.390. The fourth-order valence-corrected chi connectivity index (χ4v) is 2.39. The van der Waals surface area contributed by atoms with Crippen molar-refractivity contribution in [3.05, 3.63) is 36.8 Å². The van der Waals surface area contributed by atoms with E-state index in [9.17, 15) is 0 Å². The molecule has 1 heteroatoms. The van der Waals surface area contributed by atoms with E-state index in [-0.39, 0.29) is 0 Å². The van der Waals surface area contributed by atoms with Gasteiger partial charge in [-0.05, 0) is 37.5 Å². The van der Waals surface area contributed by atoms with E-state index in [2.05, 4.69) is 13.8 Å². The molecule has 0 amide bonds. The minimum Gasteiger partial charge on any atom is -0.493 e. The zero-order valence-electron chi connectivity index (χ0n) is 10.2. The first-order valence-corrected chi connectivity index (χ1v) is 6.23. The molecule has 0 spiro atoms. The number of hydrogen-bond donors (Lipinski definition) is 0. The molecular weight excluding hydrogens is 196 g/mol. The molecule has 1 aromatic rings. The second-order valence-corrected chi connectivity index (χ2v) is 5.30. The van der Waals surface area contributed by atoms with Gasteiger partial charge in [-0.25, -0.2) is 0 Å². The fourth-order valence-electron chi connectivity index (χ4n) is 2.39. The van der Waals surface area contributed by atoms with Gasteiger partial charge in [0.2, 0.25) is 0 Å². The molecule has 0 atom stereocenters. The third kappa shape index (κ3) is 3.01. The normalized spacial score (nSPS) is 19.4. The van der Waals surface area contributed by atoms with Gasteiger partial charge in [0, 0.05) is 5.41 Å². The summed E-state index contributed by atoms with van der Waals surface area (Å²) < 4.78 is 5.88. The highest BCUT2D eigenvalue weighted by molar-refractivity contribution is 5.28. The Hall–Kier alpha value is -0.980. The number of ether oxygens (including phenoxy) is 1. The Labute approximate surface area is 98.8 Å². The van der Waals surface area contributed by atoms with Gasteiger partial charge in [-0.15, -0.1) is 0 Å². The van der Waals surface area contributed by atoms with Crippen molar-refractivity contribution in [3.8, 4) is 5.75 Å². The summed E-state index contributed by atoms with van der Waals surface area (Å²) in [6.45, 7) is 7.07. The molecule has 0 heterocycles. The molecule has 0 N–H and O–H groups in total. The average molecular weight is 217 g/mol. The van der Waals surface area contributed by atoms with Crippen molar-refractivity contribution >= 4 is 0 Å². The summed E-state index contributed by atoms with van der Waals surface area (Å²) in [5.74, 6) is 0.971. The molecule has 2 rings (SSSR count). The molecule has 16 heavy (non-hydrogen) atoms. The summed E-state index contributed by atoms with van der Waals surface area (Å²) in [4.78, 5) is 0. The molecular formula is C15H21O. The summed E-state index contributed by atoms with van der Waals surface area (Å²) in [5.41, 5.74) is 1.43. The van der Waals surface area contributed by atoms with Crippen LogP contribution in [0.3, 0.4) is 0 Å². The molecule has 1 nitrogen and oxygen atoms in total. The van der Waals surface area contributed by atoms with Gasteiger partial charge >= 0.3 is 0 Å². The quantitative estimate of drug-likeness (QED) is 0.736. The monoisotopic (exact) mass is 217 g/mol. The van der Waals surface area contributed by atoms with Crippen molar-refractivity contribution in [2.24, 2.45) is 5.41 Å². The maximum Gasteiger partial charge on any atom is 0.119 e. The number of hydrogen-bond acceptors (Lipinski definition) is 1. The van der Waals surface area contributed by atoms with Crippen molar-refractivity contribution in [2.75, 3.05) is 6.61 Å². The third-order valence-electron chi connectivity index (χ3n) is 3.57. The lowest BCUT2D eigenvalue weighted by atomic mass is 9.76. The fraction of sp³-hybridized carbons (Fsp3) is 0.533. The zero-order valence-corrected chi connectivity index (χ0v) is 10.2. The van der Waals surface area contributed by atoms with Crippen LogP contribution in [0.4, 0.5) is 0 Å². The van der Waals surface area contributed by atoms with Gasteiger partial charge in [0.1, 0.15) is 5.75 Å². The van der Waals surface area contributed by atoms with Crippen molar-refractivity contribution in [1.82, 2.24) is 0 Å². The highest BCUT2D eigenvalue weighted by atomic mass is 16.5. The maximum atomic E-state index is 5.88. The first-order valence-electron chi connectivity index (χ1n) is 6.23. The predicted octanol–water partition coefficient (Wildman–Crippen LogP) is 4.22. The van der Waals surface area contributed by atoms with Crippen LogP contribution in [0.2, 0.25) is 0 Å². The van der Waals surface area contributed by atoms with E-state index < -0.39 is 0 Å². The Morgan fingerprint density at radius 3 is 2.38 bits per heavy atom. The van der Waals surface area contributed by atoms with Crippen LogP contribution in [0, 0.1) is 12.3 Å². The van der Waals surface area contributed by atoms with Crippen LogP contribution in [0.15, 0.2) is 24.3 Å². The van der Waals surface area contributed by atoms with E-state index in [4.69, 9.17) is 4.74 Å². The highest BCUT2D eigenvalue weighted by Gasteiger charge is 2.27. The first-order chi connectivity index (χ1) is 7.68. The molecule has 1 saturated carbocycles. The van der Waals surface area contributed by atoms with Gasteiger partial charge in [-0.1, -0.05) is 38.3 Å². The SMILES string of the molecule is [CH2]c1ccc(OCC2(C)CCCCC2)cc1. The second kappa shape index (κ2) is 4.90. The molecule has 1 aromatic carbocycles. The molecule has 1 aliphatic rings. The topological polar surface area (TPSA) is 9.23 Å². The van der Waals surface area contributed by atoms with E-state index in [0.29, 0.717) is 5.41 Å². The Kier molecular flexibility index (Phi) is 3.52. The van der Waals surface area contributed by atoms with Crippen LogP contribution in [0.1, 0.15) is 44.6 Å². The lowest BCUT2D eigenvalue weighted by molar-refractivity contribution is 0.116. The molecule has 1 fully saturated rings.